The molecule has 2 atom stereocenters. The molecule has 1 aromatic carbocycles. The number of halogens is 1. The third kappa shape index (κ3) is 4.24. The maximum Gasteiger partial charge on any atom is 0.241 e. The monoisotopic (exact) mass is 429 g/mol. The van der Waals surface area contributed by atoms with Gasteiger partial charge in [-0.3, -0.25) is 4.79 Å². The van der Waals surface area contributed by atoms with Crippen molar-refractivity contribution >= 4 is 37.5 Å². The van der Waals surface area contributed by atoms with E-state index in [1.54, 1.807) is 4.31 Å². The number of sulfonamides is 1. The minimum Gasteiger partial charge on any atom is -0.325 e. The number of amides is 1. The van der Waals surface area contributed by atoms with E-state index in [9.17, 15) is 13.2 Å². The number of benzene rings is 1. The van der Waals surface area contributed by atoms with Gasteiger partial charge >= 0.3 is 0 Å². The topological polar surface area (TPSA) is 78.5 Å². The number of nitrogens with one attached hydrogen (secondary N) is 2. The van der Waals surface area contributed by atoms with E-state index < -0.39 is 21.3 Å². The lowest BCUT2D eigenvalue weighted by Gasteiger charge is -2.28. The summed E-state index contributed by atoms with van der Waals surface area (Å²) in [5.41, 5.74) is 1.75. The summed E-state index contributed by atoms with van der Waals surface area (Å²) in [6.45, 7) is 3.49. The lowest BCUT2D eigenvalue weighted by molar-refractivity contribution is -0.117. The molecule has 2 N–H and O–H groups in total. The van der Waals surface area contributed by atoms with Crippen LogP contribution in [0.2, 0.25) is 0 Å². The highest BCUT2D eigenvalue weighted by atomic mass is 79.9. The molecule has 138 valence electrons. The highest BCUT2D eigenvalue weighted by Gasteiger charge is 2.40. The Morgan fingerprint density at radius 3 is 2.68 bits per heavy atom. The number of rotatable bonds is 4. The average Bonchev–Trinajstić information content (AvgIpc) is 3.10. The van der Waals surface area contributed by atoms with Gasteiger partial charge in [0, 0.05) is 29.8 Å². The minimum atomic E-state index is -3.33. The normalized spacial score (nSPS) is 25.0. The Labute approximate surface area is 157 Å². The zero-order valence-electron chi connectivity index (χ0n) is 14.3. The van der Waals surface area contributed by atoms with Gasteiger partial charge in [-0.2, -0.15) is 0 Å². The van der Waals surface area contributed by atoms with Crippen LogP contribution in [0.1, 0.15) is 31.2 Å². The van der Waals surface area contributed by atoms with Crippen molar-refractivity contribution in [1.82, 2.24) is 9.62 Å². The first-order chi connectivity index (χ1) is 11.9. The molecule has 0 radical (unpaired) electrons. The van der Waals surface area contributed by atoms with Crippen LogP contribution in [-0.2, 0) is 14.8 Å². The average molecular weight is 430 g/mol. The molecule has 2 unspecified atom stereocenters. The fourth-order valence-electron chi connectivity index (χ4n) is 3.41. The number of hydrogen-bond acceptors (Lipinski definition) is 4. The maximum atomic E-state index is 12.7. The van der Waals surface area contributed by atoms with Gasteiger partial charge in [0.15, 0.2) is 0 Å². The molecule has 0 aromatic heterocycles. The summed E-state index contributed by atoms with van der Waals surface area (Å²) in [6, 6.07) is 5.12. The highest BCUT2D eigenvalue weighted by Crippen LogP contribution is 2.24. The van der Waals surface area contributed by atoms with Crippen molar-refractivity contribution in [1.29, 1.82) is 0 Å². The van der Waals surface area contributed by atoms with Gasteiger partial charge in [-0.05, 0) is 49.9 Å². The molecule has 2 saturated heterocycles. The molecule has 8 heteroatoms. The summed E-state index contributed by atoms with van der Waals surface area (Å²) in [5.74, 6) is -0.182. The number of hydrogen-bond donors (Lipinski definition) is 2. The van der Waals surface area contributed by atoms with Gasteiger partial charge in [0.05, 0.1) is 11.3 Å². The van der Waals surface area contributed by atoms with Gasteiger partial charge < -0.3 is 10.6 Å². The van der Waals surface area contributed by atoms with Crippen molar-refractivity contribution in [3.8, 4) is 0 Å². The summed E-state index contributed by atoms with van der Waals surface area (Å²) in [4.78, 5) is 12.5. The van der Waals surface area contributed by atoms with Crippen LogP contribution in [0, 0.1) is 6.92 Å². The second-order valence-electron chi connectivity index (χ2n) is 6.78. The van der Waals surface area contributed by atoms with Crippen LogP contribution in [0.15, 0.2) is 22.7 Å². The number of carbonyl (C=O) groups excluding carboxylic acids is 1. The van der Waals surface area contributed by atoms with Gasteiger partial charge in [0.25, 0.3) is 0 Å². The van der Waals surface area contributed by atoms with E-state index in [1.807, 2.05) is 25.1 Å². The molecular formula is C17H24BrN3O3S. The van der Waals surface area contributed by atoms with Crippen LogP contribution < -0.4 is 10.6 Å². The molecular weight excluding hydrogens is 406 g/mol. The Morgan fingerprint density at radius 1 is 1.28 bits per heavy atom. The van der Waals surface area contributed by atoms with Crippen molar-refractivity contribution in [3.05, 3.63) is 28.2 Å². The predicted octanol–water partition coefficient (Wildman–Crippen LogP) is 2.24. The highest BCUT2D eigenvalue weighted by molar-refractivity contribution is 9.10. The molecule has 0 bridgehead atoms. The quantitative estimate of drug-likeness (QED) is 0.768. The summed E-state index contributed by atoms with van der Waals surface area (Å²) in [5, 5.41) is 5.42. The molecule has 0 aliphatic carbocycles. The van der Waals surface area contributed by atoms with Crippen molar-refractivity contribution in [2.24, 2.45) is 0 Å². The second-order valence-corrected chi connectivity index (χ2v) is 9.84. The molecule has 25 heavy (non-hydrogen) atoms. The third-order valence-corrected chi connectivity index (χ3v) is 8.10. The molecule has 6 nitrogen and oxygen atoms in total. The third-order valence-electron chi connectivity index (χ3n) is 4.93. The van der Waals surface area contributed by atoms with Crippen molar-refractivity contribution in [2.45, 2.75) is 43.9 Å². The van der Waals surface area contributed by atoms with Crippen LogP contribution in [0.5, 0.6) is 0 Å². The van der Waals surface area contributed by atoms with Gasteiger partial charge in [-0.25, -0.2) is 12.7 Å². The first kappa shape index (κ1) is 18.8. The summed E-state index contributed by atoms with van der Waals surface area (Å²) < 4.78 is 28.1. The Kier molecular flexibility index (Phi) is 5.82. The second kappa shape index (κ2) is 7.73. The Hall–Kier alpha value is -0.960. The molecule has 0 saturated carbocycles. The van der Waals surface area contributed by atoms with E-state index in [-0.39, 0.29) is 5.91 Å². The van der Waals surface area contributed by atoms with Gasteiger partial charge in [0.2, 0.25) is 15.9 Å². The van der Waals surface area contributed by atoms with E-state index in [1.165, 1.54) is 0 Å². The SMILES string of the molecule is Cc1cc(NC(=O)C2CC(S(=O)(=O)N3CCCCC3)CN2)ccc1Br. The molecule has 2 aliphatic heterocycles. The van der Waals surface area contributed by atoms with Gasteiger partial charge in [0.1, 0.15) is 0 Å². The van der Waals surface area contributed by atoms with Crippen LogP contribution in [0.25, 0.3) is 0 Å². The van der Waals surface area contributed by atoms with E-state index in [2.05, 4.69) is 26.6 Å². The fraction of sp³-hybridized carbons (Fsp3) is 0.588. The molecule has 1 aromatic rings. The molecule has 2 fully saturated rings. The molecule has 2 aliphatic rings. The van der Waals surface area contributed by atoms with Gasteiger partial charge in [-0.15, -0.1) is 0 Å². The number of anilines is 1. The molecule has 3 rings (SSSR count). The number of piperidine rings is 1. The summed E-state index contributed by atoms with van der Waals surface area (Å²) in [7, 11) is -3.33. The van der Waals surface area contributed by atoms with E-state index in [4.69, 9.17) is 0 Å². The maximum absolute atomic E-state index is 12.7. The molecule has 0 spiro atoms. The van der Waals surface area contributed by atoms with Crippen LogP contribution in [0.4, 0.5) is 5.69 Å². The largest absolute Gasteiger partial charge is 0.325 e. The number of nitrogens with zero attached hydrogens (tertiary/aromatic N) is 1. The predicted molar refractivity (Wildman–Crippen MR) is 102 cm³/mol. The smallest absolute Gasteiger partial charge is 0.241 e. The van der Waals surface area contributed by atoms with Gasteiger partial charge in [-0.1, -0.05) is 22.4 Å². The lowest BCUT2D eigenvalue weighted by Crippen LogP contribution is -2.42. The zero-order chi connectivity index (χ0) is 18.0. The lowest BCUT2D eigenvalue weighted by atomic mass is 10.2. The van der Waals surface area contributed by atoms with Crippen LogP contribution in [-0.4, -0.2) is 49.6 Å². The Balaban J connectivity index is 1.61. The van der Waals surface area contributed by atoms with E-state index in [0.717, 1.165) is 35.0 Å². The molecule has 2 heterocycles. The summed E-state index contributed by atoms with van der Waals surface area (Å²) in [6.07, 6.45) is 3.26. The van der Waals surface area contributed by atoms with Crippen LogP contribution in [0.3, 0.4) is 0 Å². The molecule has 1 amide bonds. The first-order valence-electron chi connectivity index (χ1n) is 8.67. The van der Waals surface area contributed by atoms with E-state index >= 15 is 0 Å². The van der Waals surface area contributed by atoms with Crippen molar-refractivity contribution in [2.75, 3.05) is 25.0 Å². The van der Waals surface area contributed by atoms with Crippen molar-refractivity contribution in [3.63, 3.8) is 0 Å². The van der Waals surface area contributed by atoms with E-state index in [0.29, 0.717) is 26.1 Å². The van der Waals surface area contributed by atoms with Crippen LogP contribution >= 0.6 is 15.9 Å². The number of aryl methyl sites for hydroxylation is 1. The first-order valence-corrected chi connectivity index (χ1v) is 11.0. The standard InChI is InChI=1S/C17H24BrN3O3S/c1-12-9-13(5-6-15(12)18)20-17(22)16-10-14(11-19-16)25(23,24)21-7-3-2-4-8-21/h5-6,9,14,16,19H,2-4,7-8,10-11H2,1H3,(H,20,22). The zero-order valence-corrected chi connectivity index (χ0v) is 16.7. The van der Waals surface area contributed by atoms with Crippen molar-refractivity contribution < 1.29 is 13.2 Å². The Morgan fingerprint density at radius 2 is 2.00 bits per heavy atom. The minimum absolute atomic E-state index is 0.182. The fourth-order valence-corrected chi connectivity index (χ4v) is 5.59. The number of carbonyl (C=O) groups is 1. The Bertz CT molecular complexity index is 748. The summed E-state index contributed by atoms with van der Waals surface area (Å²) >= 11 is 3.43.